The van der Waals surface area contributed by atoms with Crippen LogP contribution in [0.5, 0.6) is 0 Å². The van der Waals surface area contributed by atoms with E-state index in [1.807, 2.05) is 6.92 Å². The Labute approximate surface area is 171 Å². The minimum atomic E-state index is -4.00. The van der Waals surface area contributed by atoms with Crippen LogP contribution in [-0.2, 0) is 30.8 Å². The fourth-order valence-electron chi connectivity index (χ4n) is 2.60. The molecule has 1 aromatic heterocycles. The average Bonchev–Trinajstić information content (AvgIpc) is 3.03. The molecule has 0 saturated carbocycles. The van der Waals surface area contributed by atoms with E-state index in [1.54, 1.807) is 24.3 Å². The first kappa shape index (κ1) is 20.7. The monoisotopic (exact) mass is 434 g/mol. The summed E-state index contributed by atoms with van der Waals surface area (Å²) in [5.74, 6) is -1.08. The zero-order valence-electron chi connectivity index (χ0n) is 15.9. The van der Waals surface area contributed by atoms with Gasteiger partial charge in [-0.05, 0) is 37.3 Å². The van der Waals surface area contributed by atoms with E-state index in [9.17, 15) is 18.0 Å². The first-order chi connectivity index (χ1) is 13.7. The Morgan fingerprint density at radius 2 is 1.76 bits per heavy atom. The van der Waals surface area contributed by atoms with Crippen molar-refractivity contribution in [3.63, 3.8) is 0 Å². The van der Waals surface area contributed by atoms with Crippen LogP contribution in [0.2, 0.25) is 0 Å². The quantitative estimate of drug-likeness (QED) is 0.571. The highest BCUT2D eigenvalue weighted by molar-refractivity contribution is 7.90. The van der Waals surface area contributed by atoms with Crippen molar-refractivity contribution < 1.29 is 27.5 Å². The summed E-state index contributed by atoms with van der Waals surface area (Å²) in [5, 5.41) is 0. The van der Waals surface area contributed by atoms with Gasteiger partial charge in [0.2, 0.25) is 4.80 Å². The van der Waals surface area contributed by atoms with E-state index in [0.29, 0.717) is 15.8 Å². The van der Waals surface area contributed by atoms with Gasteiger partial charge in [0.05, 0.1) is 34.9 Å². The second-order valence-corrected chi connectivity index (χ2v) is 8.71. The summed E-state index contributed by atoms with van der Waals surface area (Å²) in [6.45, 7) is 1.62. The lowest BCUT2D eigenvalue weighted by atomic mass is 10.2. The molecular formula is C19H18N2O6S2. The number of aryl methyl sites for hydroxylation is 1. The van der Waals surface area contributed by atoms with Crippen LogP contribution < -0.4 is 4.80 Å². The molecule has 8 nitrogen and oxygen atoms in total. The molecule has 0 atom stereocenters. The van der Waals surface area contributed by atoms with Gasteiger partial charge < -0.3 is 14.0 Å². The highest BCUT2D eigenvalue weighted by atomic mass is 32.2. The van der Waals surface area contributed by atoms with E-state index in [-0.39, 0.29) is 16.2 Å². The molecule has 0 saturated heterocycles. The Bertz CT molecular complexity index is 1250. The van der Waals surface area contributed by atoms with E-state index in [0.717, 1.165) is 16.9 Å². The fraction of sp³-hybridized carbons (Fsp3) is 0.211. The number of ether oxygens (including phenoxy) is 2. The predicted molar refractivity (Wildman–Crippen MR) is 107 cm³/mol. The molecule has 0 aliphatic rings. The molecule has 0 radical (unpaired) electrons. The molecule has 0 N–H and O–H groups in total. The standard InChI is InChI=1S/C19H18N2O6S2/c1-12-4-7-14(8-5-12)29(24,25)20-19-21(11-17(22)26-2)15-9-6-13(18(23)27-3)10-16(15)28-19/h4-10H,11H2,1-3H3/b20-19-. The van der Waals surface area contributed by atoms with Crippen LogP contribution in [0.25, 0.3) is 10.2 Å². The van der Waals surface area contributed by atoms with E-state index < -0.39 is 22.0 Å². The topological polar surface area (TPSA) is 104 Å². The number of carbonyl (C=O) groups excluding carboxylic acids is 2. The Kier molecular flexibility index (Phi) is 5.85. The van der Waals surface area contributed by atoms with Crippen LogP contribution in [-0.4, -0.2) is 39.1 Å². The normalized spacial score (nSPS) is 12.2. The second-order valence-electron chi connectivity index (χ2n) is 6.10. The molecule has 0 unspecified atom stereocenters. The molecule has 3 rings (SSSR count). The highest BCUT2D eigenvalue weighted by Gasteiger charge is 2.17. The van der Waals surface area contributed by atoms with Crippen LogP contribution in [0.3, 0.4) is 0 Å². The molecule has 152 valence electrons. The molecule has 0 spiro atoms. The number of hydrogen-bond donors (Lipinski definition) is 0. The van der Waals surface area contributed by atoms with Gasteiger partial charge in [0.1, 0.15) is 6.54 Å². The fourth-order valence-corrected chi connectivity index (χ4v) is 4.87. The number of sulfonamides is 1. The minimum Gasteiger partial charge on any atom is -0.468 e. The Morgan fingerprint density at radius 1 is 1.07 bits per heavy atom. The van der Waals surface area contributed by atoms with Gasteiger partial charge in [0, 0.05) is 0 Å². The zero-order chi connectivity index (χ0) is 21.2. The van der Waals surface area contributed by atoms with E-state index in [4.69, 9.17) is 9.47 Å². The predicted octanol–water partition coefficient (Wildman–Crippen LogP) is 2.26. The lowest BCUT2D eigenvalue weighted by Gasteiger charge is -2.05. The van der Waals surface area contributed by atoms with Gasteiger partial charge in [-0.3, -0.25) is 4.79 Å². The molecule has 2 aromatic carbocycles. The number of benzene rings is 2. The Morgan fingerprint density at radius 3 is 2.38 bits per heavy atom. The number of nitrogens with zero attached hydrogens (tertiary/aromatic N) is 2. The van der Waals surface area contributed by atoms with Crippen LogP contribution in [0.4, 0.5) is 0 Å². The number of rotatable bonds is 5. The van der Waals surface area contributed by atoms with Crippen LogP contribution in [0.15, 0.2) is 51.8 Å². The molecule has 0 aliphatic carbocycles. The average molecular weight is 434 g/mol. The lowest BCUT2D eigenvalue weighted by Crippen LogP contribution is -2.22. The molecule has 0 aliphatic heterocycles. The summed E-state index contributed by atoms with van der Waals surface area (Å²) in [7, 11) is -1.49. The number of aromatic nitrogens is 1. The van der Waals surface area contributed by atoms with Gasteiger partial charge in [0.15, 0.2) is 0 Å². The number of methoxy groups -OCH3 is 2. The Hall–Kier alpha value is -2.98. The SMILES string of the molecule is COC(=O)Cn1/c(=N/S(=O)(=O)c2ccc(C)cc2)sc2cc(C(=O)OC)ccc21. The van der Waals surface area contributed by atoms with Crippen molar-refractivity contribution in [3.8, 4) is 0 Å². The zero-order valence-corrected chi connectivity index (χ0v) is 17.5. The summed E-state index contributed by atoms with van der Waals surface area (Å²) in [6, 6.07) is 11.0. The van der Waals surface area contributed by atoms with E-state index in [1.165, 1.54) is 37.0 Å². The number of thiazole rings is 1. The maximum absolute atomic E-state index is 12.8. The highest BCUT2D eigenvalue weighted by Crippen LogP contribution is 2.21. The number of fused-ring (bicyclic) bond motifs is 1. The molecule has 10 heteroatoms. The maximum Gasteiger partial charge on any atom is 0.337 e. The van der Waals surface area contributed by atoms with Gasteiger partial charge in [-0.1, -0.05) is 29.0 Å². The third kappa shape index (κ3) is 4.38. The van der Waals surface area contributed by atoms with Crippen molar-refractivity contribution >= 4 is 43.5 Å². The third-order valence-corrected chi connectivity index (χ3v) is 6.57. The minimum absolute atomic E-state index is 0.0421. The van der Waals surface area contributed by atoms with Crippen molar-refractivity contribution in [3.05, 3.63) is 58.4 Å². The molecule has 0 fully saturated rings. The number of carbonyl (C=O) groups is 2. The molecule has 3 aromatic rings. The summed E-state index contributed by atoms with van der Waals surface area (Å²) >= 11 is 1.04. The third-order valence-electron chi connectivity index (χ3n) is 4.14. The molecule has 1 heterocycles. The van der Waals surface area contributed by atoms with Crippen molar-refractivity contribution in [2.45, 2.75) is 18.4 Å². The van der Waals surface area contributed by atoms with Crippen molar-refractivity contribution in [2.75, 3.05) is 14.2 Å². The van der Waals surface area contributed by atoms with Gasteiger partial charge in [-0.15, -0.1) is 4.40 Å². The van der Waals surface area contributed by atoms with E-state index in [2.05, 4.69) is 4.40 Å². The van der Waals surface area contributed by atoms with Crippen LogP contribution >= 0.6 is 11.3 Å². The van der Waals surface area contributed by atoms with Crippen molar-refractivity contribution in [1.29, 1.82) is 0 Å². The smallest absolute Gasteiger partial charge is 0.337 e. The summed E-state index contributed by atoms with van der Waals surface area (Å²) in [6.07, 6.45) is 0. The van der Waals surface area contributed by atoms with Crippen LogP contribution in [0.1, 0.15) is 15.9 Å². The first-order valence-electron chi connectivity index (χ1n) is 8.41. The van der Waals surface area contributed by atoms with Crippen molar-refractivity contribution in [2.24, 2.45) is 4.40 Å². The molecule has 0 bridgehead atoms. The van der Waals surface area contributed by atoms with Gasteiger partial charge >= 0.3 is 11.9 Å². The van der Waals surface area contributed by atoms with Gasteiger partial charge in [-0.2, -0.15) is 8.42 Å². The Balaban J connectivity index is 2.22. The van der Waals surface area contributed by atoms with Crippen molar-refractivity contribution in [1.82, 2.24) is 4.57 Å². The second kappa shape index (κ2) is 8.18. The summed E-state index contributed by atoms with van der Waals surface area (Å²) in [4.78, 5) is 23.8. The molecular weight excluding hydrogens is 416 g/mol. The number of esters is 2. The largest absolute Gasteiger partial charge is 0.468 e. The summed E-state index contributed by atoms with van der Waals surface area (Å²) in [5.41, 5.74) is 1.77. The first-order valence-corrected chi connectivity index (χ1v) is 10.7. The lowest BCUT2D eigenvalue weighted by molar-refractivity contribution is -0.141. The van der Waals surface area contributed by atoms with E-state index >= 15 is 0 Å². The summed E-state index contributed by atoms with van der Waals surface area (Å²) < 4.78 is 40.9. The molecule has 29 heavy (non-hydrogen) atoms. The maximum atomic E-state index is 12.8. The van der Waals surface area contributed by atoms with Crippen LogP contribution in [0, 0.1) is 6.92 Å². The van der Waals surface area contributed by atoms with Gasteiger partial charge in [0.25, 0.3) is 10.0 Å². The molecule has 0 amide bonds. The van der Waals surface area contributed by atoms with Gasteiger partial charge in [-0.25, -0.2) is 4.79 Å². The number of hydrogen-bond acceptors (Lipinski definition) is 7.